The Labute approximate surface area is 184 Å². The number of carbonyl (C=O) groups is 1. The van der Waals surface area contributed by atoms with Gasteiger partial charge in [-0.25, -0.2) is 4.39 Å². The van der Waals surface area contributed by atoms with Gasteiger partial charge in [-0.1, -0.05) is 24.6 Å². The first-order valence-electron chi connectivity index (χ1n) is 11.8. The highest BCUT2D eigenvalue weighted by molar-refractivity contribution is 5.95. The smallest absolute Gasteiger partial charge is 0.253 e. The molecule has 31 heavy (non-hydrogen) atoms. The minimum atomic E-state index is -0.135. The van der Waals surface area contributed by atoms with Crippen molar-refractivity contribution in [3.63, 3.8) is 0 Å². The predicted molar refractivity (Wildman–Crippen MR) is 119 cm³/mol. The summed E-state index contributed by atoms with van der Waals surface area (Å²) in [4.78, 5) is 20.3. The fraction of sp³-hybridized carbons (Fsp3) is 0.538. The molecule has 3 atom stereocenters. The molecule has 2 bridgehead atoms. The molecule has 2 aromatic rings. The number of benzene rings is 1. The minimum absolute atomic E-state index is 0.0498. The standard InChI is InChI=1S/C26H32FN3O/c1-17-6-9-22(26(31)29-24-15-18-7-8-20(24)14-18)25(28-17)19-10-12-30(13-11-19)16-21-4-2-3-5-23(21)27/h2-6,9,18-20,24H,7-8,10-16H2,1H3,(H,29,31). The summed E-state index contributed by atoms with van der Waals surface area (Å²) in [6, 6.07) is 11.3. The van der Waals surface area contributed by atoms with Gasteiger partial charge in [0.05, 0.1) is 11.3 Å². The zero-order valence-electron chi connectivity index (χ0n) is 18.3. The number of fused-ring (bicyclic) bond motifs is 2. The first-order chi connectivity index (χ1) is 15.1. The van der Waals surface area contributed by atoms with Gasteiger partial charge in [0, 0.05) is 29.8 Å². The van der Waals surface area contributed by atoms with Crippen LogP contribution in [0.1, 0.15) is 71.8 Å². The maximum absolute atomic E-state index is 14.0. The lowest BCUT2D eigenvalue weighted by atomic mass is 9.89. The normalized spacial score (nSPS) is 26.3. The summed E-state index contributed by atoms with van der Waals surface area (Å²) in [6.07, 6.45) is 6.90. The van der Waals surface area contributed by atoms with E-state index in [0.717, 1.165) is 60.8 Å². The highest BCUT2D eigenvalue weighted by atomic mass is 19.1. The zero-order valence-corrected chi connectivity index (χ0v) is 18.3. The van der Waals surface area contributed by atoms with Crippen LogP contribution in [0.15, 0.2) is 36.4 Å². The highest BCUT2D eigenvalue weighted by Crippen LogP contribution is 2.44. The summed E-state index contributed by atoms with van der Waals surface area (Å²) < 4.78 is 14.0. The van der Waals surface area contributed by atoms with Crippen LogP contribution in [-0.4, -0.2) is 34.9 Å². The number of nitrogens with zero attached hydrogens (tertiary/aromatic N) is 2. The molecule has 3 aliphatic rings. The first-order valence-corrected chi connectivity index (χ1v) is 11.8. The van der Waals surface area contributed by atoms with E-state index < -0.39 is 0 Å². The molecule has 2 aliphatic carbocycles. The molecule has 2 saturated carbocycles. The van der Waals surface area contributed by atoms with Crippen LogP contribution in [0.25, 0.3) is 0 Å². The summed E-state index contributed by atoms with van der Waals surface area (Å²) in [6.45, 7) is 4.41. The van der Waals surface area contributed by atoms with E-state index in [0.29, 0.717) is 18.5 Å². The minimum Gasteiger partial charge on any atom is -0.349 e. The lowest BCUT2D eigenvalue weighted by Crippen LogP contribution is -2.39. The number of hydrogen-bond donors (Lipinski definition) is 1. The fourth-order valence-corrected chi connectivity index (χ4v) is 5.98. The topological polar surface area (TPSA) is 45.2 Å². The van der Waals surface area contributed by atoms with Crippen LogP contribution >= 0.6 is 0 Å². The molecule has 1 N–H and O–H groups in total. The Balaban J connectivity index is 1.25. The lowest BCUT2D eigenvalue weighted by molar-refractivity contribution is 0.0920. The van der Waals surface area contributed by atoms with Gasteiger partial charge in [0.2, 0.25) is 0 Å². The second kappa shape index (κ2) is 8.70. The van der Waals surface area contributed by atoms with E-state index in [1.807, 2.05) is 31.2 Å². The molecule has 1 saturated heterocycles. The number of carbonyl (C=O) groups excluding carboxylic acids is 1. The molecular formula is C26H32FN3O. The van der Waals surface area contributed by atoms with Crippen LogP contribution in [-0.2, 0) is 6.54 Å². The molecule has 2 heterocycles. The fourth-order valence-electron chi connectivity index (χ4n) is 5.98. The van der Waals surface area contributed by atoms with Gasteiger partial charge in [0.1, 0.15) is 5.82 Å². The predicted octanol–water partition coefficient (Wildman–Crippen LogP) is 4.83. The van der Waals surface area contributed by atoms with Gasteiger partial charge in [-0.2, -0.15) is 0 Å². The van der Waals surface area contributed by atoms with Gasteiger partial charge < -0.3 is 5.32 Å². The third-order valence-corrected chi connectivity index (χ3v) is 7.69. The van der Waals surface area contributed by atoms with Crippen molar-refractivity contribution in [2.45, 2.75) is 64.0 Å². The van der Waals surface area contributed by atoms with Crippen molar-refractivity contribution in [2.75, 3.05) is 13.1 Å². The molecular weight excluding hydrogens is 389 g/mol. The molecule has 1 aromatic carbocycles. The van der Waals surface area contributed by atoms with Gasteiger partial charge in [0.15, 0.2) is 0 Å². The van der Waals surface area contributed by atoms with E-state index >= 15 is 0 Å². The van der Waals surface area contributed by atoms with Crippen LogP contribution in [0.4, 0.5) is 4.39 Å². The molecule has 1 aliphatic heterocycles. The molecule has 3 fully saturated rings. The summed E-state index contributed by atoms with van der Waals surface area (Å²) in [5.41, 5.74) is 3.41. The molecule has 5 rings (SSSR count). The van der Waals surface area contributed by atoms with Gasteiger partial charge in [-0.05, 0) is 82.2 Å². The highest BCUT2D eigenvalue weighted by Gasteiger charge is 2.40. The van der Waals surface area contributed by atoms with Crippen LogP contribution in [0.5, 0.6) is 0 Å². The van der Waals surface area contributed by atoms with E-state index in [2.05, 4.69) is 10.2 Å². The third-order valence-electron chi connectivity index (χ3n) is 7.69. The monoisotopic (exact) mass is 421 g/mol. The SMILES string of the molecule is Cc1ccc(C(=O)NC2CC3CCC2C3)c(C2CCN(Cc3ccccc3F)CC2)n1. The van der Waals surface area contributed by atoms with E-state index in [1.165, 1.54) is 25.3 Å². The second-order valence-corrected chi connectivity index (χ2v) is 9.78. The van der Waals surface area contributed by atoms with Crippen LogP contribution < -0.4 is 5.32 Å². The van der Waals surface area contributed by atoms with Crippen molar-refractivity contribution in [3.05, 3.63) is 64.7 Å². The van der Waals surface area contributed by atoms with Gasteiger partial charge in [-0.3, -0.25) is 14.7 Å². The Kier molecular flexibility index (Phi) is 5.79. The quantitative estimate of drug-likeness (QED) is 0.752. The second-order valence-electron chi connectivity index (χ2n) is 9.78. The van der Waals surface area contributed by atoms with Gasteiger partial charge in [-0.15, -0.1) is 0 Å². The maximum Gasteiger partial charge on any atom is 0.253 e. The van der Waals surface area contributed by atoms with Crippen molar-refractivity contribution in [1.29, 1.82) is 0 Å². The van der Waals surface area contributed by atoms with Crippen molar-refractivity contribution in [2.24, 2.45) is 11.8 Å². The Morgan fingerprint density at radius 1 is 1.10 bits per heavy atom. The first kappa shape index (κ1) is 20.6. The number of amides is 1. The summed E-state index contributed by atoms with van der Waals surface area (Å²) >= 11 is 0. The molecule has 3 unspecified atom stereocenters. The van der Waals surface area contributed by atoms with E-state index in [1.54, 1.807) is 6.07 Å². The molecule has 0 spiro atoms. The number of rotatable bonds is 5. The number of nitrogens with one attached hydrogen (secondary N) is 1. The molecule has 4 nitrogen and oxygen atoms in total. The molecule has 5 heteroatoms. The average molecular weight is 422 g/mol. The van der Waals surface area contributed by atoms with Gasteiger partial charge >= 0.3 is 0 Å². The Hall–Kier alpha value is -2.27. The van der Waals surface area contributed by atoms with Gasteiger partial charge in [0.25, 0.3) is 5.91 Å². The van der Waals surface area contributed by atoms with E-state index in [9.17, 15) is 9.18 Å². The number of pyridine rings is 1. The van der Waals surface area contributed by atoms with Crippen LogP contribution in [0, 0.1) is 24.6 Å². The number of likely N-dealkylation sites (tertiary alicyclic amines) is 1. The van der Waals surface area contributed by atoms with E-state index in [-0.39, 0.29) is 17.6 Å². The molecule has 164 valence electrons. The summed E-state index contributed by atoms with van der Waals surface area (Å²) in [5, 5.41) is 3.34. The number of piperidine rings is 1. The number of hydrogen-bond acceptors (Lipinski definition) is 3. The summed E-state index contributed by atoms with van der Waals surface area (Å²) in [5.74, 6) is 1.66. The third kappa shape index (κ3) is 4.38. The Bertz CT molecular complexity index is 953. The van der Waals surface area contributed by atoms with Crippen molar-refractivity contribution >= 4 is 5.91 Å². The van der Waals surface area contributed by atoms with Crippen LogP contribution in [0.3, 0.4) is 0 Å². The summed E-state index contributed by atoms with van der Waals surface area (Å²) in [7, 11) is 0. The number of halogens is 1. The molecule has 1 amide bonds. The van der Waals surface area contributed by atoms with Crippen molar-refractivity contribution in [3.8, 4) is 0 Å². The van der Waals surface area contributed by atoms with Crippen LogP contribution in [0.2, 0.25) is 0 Å². The van der Waals surface area contributed by atoms with Crippen molar-refractivity contribution < 1.29 is 9.18 Å². The van der Waals surface area contributed by atoms with Crippen molar-refractivity contribution in [1.82, 2.24) is 15.2 Å². The molecule has 1 aromatic heterocycles. The molecule has 0 radical (unpaired) electrons. The van der Waals surface area contributed by atoms with E-state index in [4.69, 9.17) is 4.98 Å². The largest absolute Gasteiger partial charge is 0.349 e. The average Bonchev–Trinajstić information content (AvgIpc) is 3.39. The number of aromatic nitrogens is 1. The lowest BCUT2D eigenvalue weighted by Gasteiger charge is -2.32. The number of aryl methyl sites for hydroxylation is 1. The maximum atomic E-state index is 14.0. The Morgan fingerprint density at radius 3 is 2.61 bits per heavy atom. The zero-order chi connectivity index (χ0) is 21.4. The Morgan fingerprint density at radius 2 is 1.90 bits per heavy atom.